The number of methoxy groups -OCH3 is 1. The van der Waals surface area contributed by atoms with E-state index < -0.39 is 5.54 Å². The average molecular weight is 714 g/mol. The smallest absolute Gasteiger partial charge is 0.331 e. The van der Waals surface area contributed by atoms with E-state index in [0.29, 0.717) is 37.8 Å². The standard InChI is InChI=1S/C39H51N7O6/c1-29(30-11-13-34(14-12-30)52-26-6-4-5-23-50-24-8-25-51-28-35(47)49-3)41-37(48)32-9-7-10-33(27-32)43-39(17-21-46(2)22-18-39)38-42-36(44-45-38)31-15-19-40-20-16-31/h7,9-16,19-20,27,29,43H,4-6,8,17-18,21-26,28H2,1-3H3,(H,41,48)(H,42,44,45)/t29-/m1/s1. The third-order valence-corrected chi connectivity index (χ3v) is 9.18. The number of aromatic nitrogens is 4. The van der Waals surface area contributed by atoms with Gasteiger partial charge in [0, 0.05) is 62.1 Å². The Kier molecular flexibility index (Phi) is 14.5. The van der Waals surface area contributed by atoms with Crippen molar-refractivity contribution >= 4 is 17.6 Å². The summed E-state index contributed by atoms with van der Waals surface area (Å²) in [6, 6.07) is 19.1. The van der Waals surface area contributed by atoms with Crippen molar-refractivity contribution in [3.05, 3.63) is 90.0 Å². The van der Waals surface area contributed by atoms with Crippen molar-refractivity contribution in [3.63, 3.8) is 0 Å². The van der Waals surface area contributed by atoms with Crippen LogP contribution in [0.15, 0.2) is 73.1 Å². The molecule has 1 saturated heterocycles. The van der Waals surface area contributed by atoms with Gasteiger partial charge in [-0.1, -0.05) is 18.2 Å². The summed E-state index contributed by atoms with van der Waals surface area (Å²) in [5.74, 6) is 1.69. The molecular formula is C39H51N7O6. The number of anilines is 1. The predicted octanol–water partition coefficient (Wildman–Crippen LogP) is 5.54. The molecular weight excluding hydrogens is 662 g/mol. The molecule has 3 N–H and O–H groups in total. The summed E-state index contributed by atoms with van der Waals surface area (Å²) in [5.41, 5.74) is 2.85. The summed E-state index contributed by atoms with van der Waals surface area (Å²) >= 11 is 0. The van der Waals surface area contributed by atoms with Crippen molar-refractivity contribution in [2.24, 2.45) is 0 Å². The molecule has 2 aromatic carbocycles. The van der Waals surface area contributed by atoms with Crippen molar-refractivity contribution in [2.45, 2.75) is 57.0 Å². The molecule has 3 heterocycles. The van der Waals surface area contributed by atoms with Crippen LogP contribution in [0.2, 0.25) is 0 Å². The highest BCUT2D eigenvalue weighted by Crippen LogP contribution is 2.35. The summed E-state index contributed by atoms with van der Waals surface area (Å²) in [7, 11) is 3.47. The van der Waals surface area contributed by atoms with E-state index >= 15 is 0 Å². The fraction of sp³-hybridized carbons (Fsp3) is 0.462. The van der Waals surface area contributed by atoms with Gasteiger partial charge in [0.05, 0.1) is 25.3 Å². The molecule has 0 radical (unpaired) electrons. The molecule has 2 aromatic heterocycles. The zero-order chi connectivity index (χ0) is 36.6. The van der Waals surface area contributed by atoms with Crippen LogP contribution in [-0.4, -0.2) is 97.2 Å². The van der Waals surface area contributed by atoms with Gasteiger partial charge < -0.3 is 34.5 Å². The van der Waals surface area contributed by atoms with Gasteiger partial charge in [-0.25, -0.2) is 9.78 Å². The van der Waals surface area contributed by atoms with Crippen LogP contribution in [0.1, 0.15) is 73.2 Å². The van der Waals surface area contributed by atoms with Gasteiger partial charge in [-0.05, 0) is 101 Å². The van der Waals surface area contributed by atoms with E-state index in [4.69, 9.17) is 19.2 Å². The molecule has 13 nitrogen and oxygen atoms in total. The lowest BCUT2D eigenvalue weighted by Crippen LogP contribution is -2.46. The van der Waals surface area contributed by atoms with Crippen LogP contribution in [0.4, 0.5) is 5.69 Å². The number of pyridine rings is 1. The lowest BCUT2D eigenvalue weighted by molar-refractivity contribution is -0.146. The summed E-state index contributed by atoms with van der Waals surface area (Å²) in [5, 5.41) is 14.6. The largest absolute Gasteiger partial charge is 0.494 e. The number of aromatic amines is 1. The van der Waals surface area contributed by atoms with Crippen molar-refractivity contribution in [2.75, 3.05) is 65.6 Å². The van der Waals surface area contributed by atoms with Crippen LogP contribution in [0.3, 0.4) is 0 Å². The number of hydrogen-bond donors (Lipinski definition) is 3. The minimum atomic E-state index is -0.462. The molecule has 1 aliphatic rings. The number of amides is 1. The van der Waals surface area contributed by atoms with Gasteiger partial charge in [-0.15, -0.1) is 0 Å². The molecule has 1 amide bonds. The first-order valence-electron chi connectivity index (χ1n) is 18.0. The molecule has 1 atom stereocenters. The summed E-state index contributed by atoms with van der Waals surface area (Å²) in [6.07, 6.45) is 8.75. The van der Waals surface area contributed by atoms with Gasteiger partial charge in [-0.3, -0.25) is 14.9 Å². The monoisotopic (exact) mass is 713 g/mol. The van der Waals surface area contributed by atoms with E-state index in [1.54, 1.807) is 12.4 Å². The highest BCUT2D eigenvalue weighted by atomic mass is 16.6. The number of ether oxygens (including phenoxy) is 4. The number of carbonyl (C=O) groups excluding carboxylic acids is 2. The number of likely N-dealkylation sites (tertiary alicyclic amines) is 1. The van der Waals surface area contributed by atoms with Crippen LogP contribution >= 0.6 is 0 Å². The van der Waals surface area contributed by atoms with E-state index in [9.17, 15) is 9.59 Å². The van der Waals surface area contributed by atoms with Crippen molar-refractivity contribution in [3.8, 4) is 17.1 Å². The van der Waals surface area contributed by atoms with E-state index in [0.717, 1.165) is 80.0 Å². The van der Waals surface area contributed by atoms with Crippen LogP contribution < -0.4 is 15.4 Å². The number of H-pyrrole nitrogens is 1. The number of esters is 1. The zero-order valence-electron chi connectivity index (χ0n) is 30.4. The Morgan fingerprint density at radius 1 is 0.923 bits per heavy atom. The molecule has 0 aliphatic carbocycles. The minimum Gasteiger partial charge on any atom is -0.494 e. The van der Waals surface area contributed by atoms with Gasteiger partial charge >= 0.3 is 5.97 Å². The Labute approximate surface area is 305 Å². The molecule has 1 aliphatic heterocycles. The summed E-state index contributed by atoms with van der Waals surface area (Å²) < 4.78 is 21.3. The van der Waals surface area contributed by atoms with E-state index in [1.807, 2.05) is 67.6 Å². The Hall–Kier alpha value is -4.85. The summed E-state index contributed by atoms with van der Waals surface area (Å²) in [4.78, 5) is 35.7. The van der Waals surface area contributed by atoms with Crippen LogP contribution in [0.5, 0.6) is 5.75 Å². The van der Waals surface area contributed by atoms with E-state index in [-0.39, 0.29) is 24.5 Å². The number of nitrogens with zero attached hydrogens (tertiary/aromatic N) is 4. The molecule has 0 saturated carbocycles. The fourth-order valence-corrected chi connectivity index (χ4v) is 6.01. The average Bonchev–Trinajstić information content (AvgIpc) is 3.68. The topological polar surface area (TPSA) is 153 Å². The zero-order valence-corrected chi connectivity index (χ0v) is 30.4. The third-order valence-electron chi connectivity index (χ3n) is 9.18. The Morgan fingerprint density at radius 2 is 1.65 bits per heavy atom. The Bertz CT molecular complexity index is 1680. The number of unbranched alkanes of at least 4 members (excludes halogenated alkanes) is 2. The molecule has 0 unspecified atom stereocenters. The van der Waals surface area contributed by atoms with Crippen molar-refractivity contribution < 1.29 is 28.5 Å². The highest BCUT2D eigenvalue weighted by Gasteiger charge is 2.39. The molecule has 1 fully saturated rings. The molecule has 13 heteroatoms. The predicted molar refractivity (Wildman–Crippen MR) is 198 cm³/mol. The normalized spacial score (nSPS) is 14.8. The molecule has 0 spiro atoms. The number of carbonyl (C=O) groups is 2. The number of benzene rings is 2. The van der Waals surface area contributed by atoms with E-state index in [1.165, 1.54) is 7.11 Å². The molecule has 0 bridgehead atoms. The second kappa shape index (κ2) is 19.7. The van der Waals surface area contributed by atoms with Crippen LogP contribution in [-0.2, 0) is 24.5 Å². The number of rotatable bonds is 20. The lowest BCUT2D eigenvalue weighted by Gasteiger charge is -2.40. The number of piperidine rings is 1. The van der Waals surface area contributed by atoms with Gasteiger partial charge in [0.2, 0.25) is 0 Å². The van der Waals surface area contributed by atoms with E-state index in [2.05, 4.69) is 42.5 Å². The lowest BCUT2D eigenvalue weighted by atomic mass is 9.86. The van der Waals surface area contributed by atoms with Crippen molar-refractivity contribution in [1.82, 2.24) is 30.4 Å². The van der Waals surface area contributed by atoms with Crippen molar-refractivity contribution in [1.29, 1.82) is 0 Å². The maximum Gasteiger partial charge on any atom is 0.331 e. The molecule has 4 aromatic rings. The van der Waals surface area contributed by atoms with Gasteiger partial charge in [-0.2, -0.15) is 5.10 Å². The Balaban J connectivity index is 1.06. The second-order valence-electron chi connectivity index (χ2n) is 13.1. The highest BCUT2D eigenvalue weighted by molar-refractivity contribution is 5.95. The second-order valence-corrected chi connectivity index (χ2v) is 13.1. The summed E-state index contributed by atoms with van der Waals surface area (Å²) in [6.45, 7) is 6.13. The first-order valence-corrected chi connectivity index (χ1v) is 18.0. The minimum absolute atomic E-state index is 0.0233. The number of nitrogens with one attached hydrogen (secondary N) is 3. The maximum atomic E-state index is 13.4. The first kappa shape index (κ1) is 38.4. The third kappa shape index (κ3) is 11.3. The fourth-order valence-electron chi connectivity index (χ4n) is 6.01. The van der Waals surface area contributed by atoms with Crippen LogP contribution in [0.25, 0.3) is 11.4 Å². The SMILES string of the molecule is COC(=O)COCCCOCCCCCOc1ccc([C@@H](C)NC(=O)c2cccc(NC3(c4nc(-c5ccncc5)n[nH]4)CCN(C)CC3)c2)cc1. The molecule has 52 heavy (non-hydrogen) atoms. The quantitative estimate of drug-likeness (QED) is 0.0783. The number of hydrogen-bond acceptors (Lipinski definition) is 11. The van der Waals surface area contributed by atoms with Gasteiger partial charge in [0.15, 0.2) is 11.6 Å². The van der Waals surface area contributed by atoms with Gasteiger partial charge in [0.1, 0.15) is 12.4 Å². The maximum absolute atomic E-state index is 13.4. The first-order chi connectivity index (χ1) is 25.3. The van der Waals surface area contributed by atoms with Gasteiger partial charge in [0.25, 0.3) is 5.91 Å². The molecule has 5 rings (SSSR count). The van der Waals surface area contributed by atoms with Crippen LogP contribution in [0, 0.1) is 0 Å². The Morgan fingerprint density at radius 3 is 2.42 bits per heavy atom. The molecule has 278 valence electrons.